The first-order chi connectivity index (χ1) is 10.7. The van der Waals surface area contributed by atoms with Crippen molar-refractivity contribution in [3.63, 3.8) is 0 Å². The second-order valence-corrected chi connectivity index (χ2v) is 4.98. The van der Waals surface area contributed by atoms with Crippen LogP contribution in [0.1, 0.15) is 18.9 Å². The number of methoxy groups -OCH3 is 1. The van der Waals surface area contributed by atoms with Gasteiger partial charge in [0.25, 0.3) is 0 Å². The summed E-state index contributed by atoms with van der Waals surface area (Å²) in [6, 6.07) is 15.5. The number of ether oxygens (including phenoxy) is 2. The highest BCUT2D eigenvalue weighted by atomic mass is 16.5. The highest BCUT2D eigenvalue weighted by Gasteiger charge is 2.03. The molecule has 4 heteroatoms. The van der Waals surface area contributed by atoms with Crippen LogP contribution in [-0.2, 0) is 11.2 Å². The van der Waals surface area contributed by atoms with E-state index in [0.29, 0.717) is 6.61 Å². The number of anilines is 1. The van der Waals surface area contributed by atoms with E-state index < -0.39 is 0 Å². The molecule has 0 fully saturated rings. The number of benzene rings is 2. The quantitative estimate of drug-likeness (QED) is 0.794. The van der Waals surface area contributed by atoms with Crippen LogP contribution in [0.15, 0.2) is 48.5 Å². The lowest BCUT2D eigenvalue weighted by molar-refractivity contribution is -0.114. The van der Waals surface area contributed by atoms with E-state index in [1.165, 1.54) is 12.5 Å². The first-order valence-corrected chi connectivity index (χ1v) is 7.31. The van der Waals surface area contributed by atoms with E-state index in [1.807, 2.05) is 42.5 Å². The van der Waals surface area contributed by atoms with Crippen LogP contribution in [0, 0.1) is 0 Å². The monoisotopic (exact) mass is 299 g/mol. The normalized spacial score (nSPS) is 10.1. The molecule has 0 saturated carbocycles. The molecule has 0 aromatic heterocycles. The maximum atomic E-state index is 11.1. The molecular weight excluding hydrogens is 278 g/mol. The number of para-hydroxylation sites is 2. The Morgan fingerprint density at radius 2 is 1.86 bits per heavy atom. The summed E-state index contributed by atoms with van der Waals surface area (Å²) in [6.45, 7) is 2.12. The van der Waals surface area contributed by atoms with E-state index in [4.69, 9.17) is 9.47 Å². The van der Waals surface area contributed by atoms with Crippen molar-refractivity contribution in [3.8, 4) is 11.5 Å². The molecule has 1 N–H and O–H groups in total. The average molecular weight is 299 g/mol. The van der Waals surface area contributed by atoms with Crippen molar-refractivity contribution in [2.24, 2.45) is 0 Å². The van der Waals surface area contributed by atoms with Crippen molar-refractivity contribution >= 4 is 11.6 Å². The average Bonchev–Trinajstić information content (AvgIpc) is 2.51. The summed E-state index contributed by atoms with van der Waals surface area (Å²) >= 11 is 0. The van der Waals surface area contributed by atoms with Gasteiger partial charge in [-0.15, -0.1) is 0 Å². The maximum Gasteiger partial charge on any atom is 0.221 e. The Labute approximate surface area is 131 Å². The second kappa shape index (κ2) is 8.08. The van der Waals surface area contributed by atoms with Crippen LogP contribution in [0.5, 0.6) is 11.5 Å². The standard InChI is InChI=1S/C18H21NO3/c1-14(20)19-16-9-5-7-15(13-16)8-6-12-22-18-11-4-3-10-17(18)21-2/h3-5,7,9-11,13H,6,8,12H2,1-2H3,(H,19,20). The minimum Gasteiger partial charge on any atom is -0.493 e. The number of hydrogen-bond donors (Lipinski definition) is 1. The SMILES string of the molecule is COc1ccccc1OCCCc1cccc(NC(C)=O)c1. The fraction of sp³-hybridized carbons (Fsp3) is 0.278. The Hall–Kier alpha value is -2.49. The molecule has 0 bridgehead atoms. The third-order valence-corrected chi connectivity index (χ3v) is 3.18. The third-order valence-electron chi connectivity index (χ3n) is 3.18. The van der Waals surface area contributed by atoms with Crippen molar-refractivity contribution in [2.45, 2.75) is 19.8 Å². The summed E-state index contributed by atoms with van der Waals surface area (Å²) in [5.74, 6) is 1.45. The topological polar surface area (TPSA) is 47.6 Å². The van der Waals surface area contributed by atoms with Gasteiger partial charge in [0, 0.05) is 12.6 Å². The molecule has 0 aliphatic carbocycles. The summed E-state index contributed by atoms with van der Waals surface area (Å²) in [5.41, 5.74) is 2.01. The van der Waals surface area contributed by atoms with Gasteiger partial charge in [0.1, 0.15) is 0 Å². The molecule has 2 aromatic rings. The molecule has 0 saturated heterocycles. The summed E-state index contributed by atoms with van der Waals surface area (Å²) in [7, 11) is 1.63. The lowest BCUT2D eigenvalue weighted by atomic mass is 10.1. The first kappa shape index (κ1) is 15.9. The lowest BCUT2D eigenvalue weighted by Gasteiger charge is -2.10. The minimum absolute atomic E-state index is 0.0587. The van der Waals surface area contributed by atoms with Gasteiger partial charge in [0.15, 0.2) is 11.5 Å². The molecule has 0 spiro atoms. The van der Waals surface area contributed by atoms with Crippen LogP contribution in [0.25, 0.3) is 0 Å². The van der Waals surface area contributed by atoms with Gasteiger partial charge < -0.3 is 14.8 Å². The van der Waals surface area contributed by atoms with Crippen LogP contribution in [-0.4, -0.2) is 19.6 Å². The van der Waals surface area contributed by atoms with E-state index >= 15 is 0 Å². The predicted octanol–water partition coefficient (Wildman–Crippen LogP) is 3.67. The van der Waals surface area contributed by atoms with Crippen molar-refractivity contribution < 1.29 is 14.3 Å². The molecule has 2 aromatic carbocycles. The molecule has 0 aliphatic heterocycles. The van der Waals surface area contributed by atoms with Crippen LogP contribution in [0.3, 0.4) is 0 Å². The number of amides is 1. The Kier molecular flexibility index (Phi) is 5.83. The van der Waals surface area contributed by atoms with Crippen molar-refractivity contribution in [3.05, 3.63) is 54.1 Å². The molecule has 0 aliphatic rings. The Morgan fingerprint density at radius 1 is 1.09 bits per heavy atom. The first-order valence-electron chi connectivity index (χ1n) is 7.31. The lowest BCUT2D eigenvalue weighted by Crippen LogP contribution is -2.06. The van der Waals surface area contributed by atoms with Crippen molar-refractivity contribution in [1.82, 2.24) is 0 Å². The van der Waals surface area contributed by atoms with Gasteiger partial charge in [-0.2, -0.15) is 0 Å². The minimum atomic E-state index is -0.0587. The molecule has 1 amide bonds. The number of nitrogens with one attached hydrogen (secondary N) is 1. The van der Waals surface area contributed by atoms with Gasteiger partial charge in [0.05, 0.1) is 13.7 Å². The van der Waals surface area contributed by atoms with Crippen LogP contribution in [0.4, 0.5) is 5.69 Å². The summed E-state index contributed by atoms with van der Waals surface area (Å²) in [5, 5.41) is 2.79. The van der Waals surface area contributed by atoms with Crippen LogP contribution in [0.2, 0.25) is 0 Å². The summed E-state index contributed by atoms with van der Waals surface area (Å²) in [6.07, 6.45) is 1.78. The zero-order valence-electron chi connectivity index (χ0n) is 13.0. The van der Waals surface area contributed by atoms with Crippen molar-refractivity contribution in [1.29, 1.82) is 0 Å². The zero-order chi connectivity index (χ0) is 15.8. The van der Waals surface area contributed by atoms with E-state index in [0.717, 1.165) is 30.0 Å². The molecule has 4 nitrogen and oxygen atoms in total. The largest absolute Gasteiger partial charge is 0.493 e. The Morgan fingerprint density at radius 3 is 2.59 bits per heavy atom. The smallest absolute Gasteiger partial charge is 0.221 e. The number of hydrogen-bond acceptors (Lipinski definition) is 3. The molecule has 0 atom stereocenters. The molecule has 22 heavy (non-hydrogen) atoms. The maximum absolute atomic E-state index is 11.1. The molecule has 0 heterocycles. The second-order valence-electron chi connectivity index (χ2n) is 4.98. The third kappa shape index (κ3) is 4.81. The van der Waals surface area contributed by atoms with E-state index in [1.54, 1.807) is 7.11 Å². The summed E-state index contributed by atoms with van der Waals surface area (Å²) < 4.78 is 11.0. The van der Waals surface area contributed by atoms with Crippen molar-refractivity contribution in [2.75, 3.05) is 19.0 Å². The molecule has 0 unspecified atom stereocenters. The molecular formula is C18H21NO3. The van der Waals surface area contributed by atoms with Gasteiger partial charge in [0.2, 0.25) is 5.91 Å². The molecule has 116 valence electrons. The Bertz CT molecular complexity index is 625. The van der Waals surface area contributed by atoms with E-state index in [2.05, 4.69) is 11.4 Å². The number of carbonyl (C=O) groups excluding carboxylic acids is 1. The molecule has 0 radical (unpaired) electrons. The fourth-order valence-corrected chi connectivity index (χ4v) is 2.20. The number of rotatable bonds is 7. The molecule has 2 rings (SSSR count). The van der Waals surface area contributed by atoms with Gasteiger partial charge in [-0.25, -0.2) is 0 Å². The summed E-state index contributed by atoms with van der Waals surface area (Å²) in [4.78, 5) is 11.1. The van der Waals surface area contributed by atoms with Crippen LogP contribution < -0.4 is 14.8 Å². The zero-order valence-corrected chi connectivity index (χ0v) is 13.0. The highest BCUT2D eigenvalue weighted by molar-refractivity contribution is 5.88. The van der Waals surface area contributed by atoms with E-state index in [9.17, 15) is 4.79 Å². The van der Waals surface area contributed by atoms with Gasteiger partial charge in [-0.05, 0) is 42.7 Å². The number of aryl methyl sites for hydroxylation is 1. The van der Waals surface area contributed by atoms with Gasteiger partial charge >= 0.3 is 0 Å². The highest BCUT2D eigenvalue weighted by Crippen LogP contribution is 2.25. The van der Waals surface area contributed by atoms with Gasteiger partial charge in [-0.1, -0.05) is 24.3 Å². The predicted molar refractivity (Wildman–Crippen MR) is 87.6 cm³/mol. The van der Waals surface area contributed by atoms with Crippen LogP contribution >= 0.6 is 0 Å². The van der Waals surface area contributed by atoms with E-state index in [-0.39, 0.29) is 5.91 Å². The fourth-order valence-electron chi connectivity index (χ4n) is 2.20. The number of carbonyl (C=O) groups is 1. The Balaban J connectivity index is 1.82. The van der Waals surface area contributed by atoms with Gasteiger partial charge in [-0.3, -0.25) is 4.79 Å².